The number of aromatic nitrogens is 1. The number of anilines is 1. The first-order valence-corrected chi connectivity index (χ1v) is 8.34. The molecule has 128 valence electrons. The molecule has 2 heterocycles. The molecule has 1 aromatic heterocycles. The van der Waals surface area contributed by atoms with Gasteiger partial charge in [-0.1, -0.05) is 19.1 Å². The fourth-order valence-electron chi connectivity index (χ4n) is 2.97. The van der Waals surface area contributed by atoms with Crippen molar-refractivity contribution in [3.8, 4) is 11.5 Å². The van der Waals surface area contributed by atoms with Gasteiger partial charge in [-0.2, -0.15) is 0 Å². The normalized spacial score (nSPS) is 13.8. The zero-order chi connectivity index (χ0) is 16.9. The molecule has 0 radical (unpaired) electrons. The number of ether oxygens (including phenoxy) is 2. The molecule has 1 aromatic carbocycles. The van der Waals surface area contributed by atoms with Gasteiger partial charge in [0.25, 0.3) is 0 Å². The lowest BCUT2D eigenvalue weighted by atomic mass is 10.0. The van der Waals surface area contributed by atoms with Crippen LogP contribution in [0.4, 0.5) is 5.82 Å². The van der Waals surface area contributed by atoms with Crippen LogP contribution < -0.4 is 19.7 Å². The molecule has 1 N–H and O–H groups in total. The number of pyridine rings is 1. The average Bonchev–Trinajstić information content (AvgIpc) is 3.03. The van der Waals surface area contributed by atoms with E-state index in [4.69, 9.17) is 9.47 Å². The summed E-state index contributed by atoms with van der Waals surface area (Å²) < 4.78 is 10.8. The van der Waals surface area contributed by atoms with Crippen LogP contribution in [0.1, 0.15) is 18.1 Å². The molecule has 24 heavy (non-hydrogen) atoms. The van der Waals surface area contributed by atoms with Crippen molar-refractivity contribution in [1.29, 1.82) is 0 Å². The van der Waals surface area contributed by atoms with Gasteiger partial charge in [-0.05, 0) is 42.6 Å². The maximum atomic E-state index is 5.45. The zero-order valence-electron chi connectivity index (χ0n) is 14.6. The highest BCUT2D eigenvalue weighted by Gasteiger charge is 2.14. The van der Waals surface area contributed by atoms with Crippen molar-refractivity contribution in [1.82, 2.24) is 10.3 Å². The lowest BCUT2D eigenvalue weighted by molar-refractivity contribution is 0.174. The van der Waals surface area contributed by atoms with Crippen molar-refractivity contribution in [2.75, 3.05) is 32.3 Å². The molecule has 5 heteroatoms. The van der Waals surface area contributed by atoms with Gasteiger partial charge in [-0.25, -0.2) is 4.98 Å². The molecule has 0 fully saturated rings. The molecular weight excluding hydrogens is 302 g/mol. The molecule has 1 aliphatic rings. The summed E-state index contributed by atoms with van der Waals surface area (Å²) in [6, 6.07) is 10.3. The fraction of sp³-hybridized carbons (Fsp3) is 0.421. The Morgan fingerprint density at radius 2 is 2.04 bits per heavy atom. The van der Waals surface area contributed by atoms with E-state index in [0.717, 1.165) is 36.8 Å². The number of rotatable bonds is 7. The topological polar surface area (TPSA) is 46.6 Å². The second kappa shape index (κ2) is 7.53. The number of hydrogen-bond acceptors (Lipinski definition) is 5. The van der Waals surface area contributed by atoms with E-state index in [9.17, 15) is 0 Å². The van der Waals surface area contributed by atoms with E-state index in [2.05, 4.69) is 35.4 Å². The Bertz CT molecular complexity index is 688. The Balaban J connectivity index is 1.50. The monoisotopic (exact) mass is 327 g/mol. The van der Waals surface area contributed by atoms with Crippen LogP contribution in [0.5, 0.6) is 11.5 Å². The number of hydrogen-bond donors (Lipinski definition) is 1. The summed E-state index contributed by atoms with van der Waals surface area (Å²) in [6.07, 6.45) is 2.85. The molecule has 0 saturated carbocycles. The Morgan fingerprint density at radius 1 is 1.21 bits per heavy atom. The van der Waals surface area contributed by atoms with Crippen LogP contribution in [-0.2, 0) is 13.0 Å². The Morgan fingerprint density at radius 3 is 2.88 bits per heavy atom. The van der Waals surface area contributed by atoms with E-state index >= 15 is 0 Å². The smallest absolute Gasteiger partial charge is 0.231 e. The van der Waals surface area contributed by atoms with E-state index in [1.165, 1.54) is 11.1 Å². The summed E-state index contributed by atoms with van der Waals surface area (Å²) in [6.45, 7) is 4.37. The van der Waals surface area contributed by atoms with Crippen LogP contribution in [-0.4, -0.2) is 32.4 Å². The van der Waals surface area contributed by atoms with Crippen molar-refractivity contribution in [3.05, 3.63) is 47.7 Å². The second-order valence-electron chi connectivity index (χ2n) is 6.51. The van der Waals surface area contributed by atoms with E-state index in [1.807, 2.05) is 37.3 Å². The maximum Gasteiger partial charge on any atom is 0.231 e. The molecule has 5 nitrogen and oxygen atoms in total. The van der Waals surface area contributed by atoms with Crippen LogP contribution in [0, 0.1) is 5.92 Å². The van der Waals surface area contributed by atoms with Crippen molar-refractivity contribution in [2.45, 2.75) is 19.9 Å². The Labute approximate surface area is 143 Å². The van der Waals surface area contributed by atoms with Crippen LogP contribution >= 0.6 is 0 Å². The summed E-state index contributed by atoms with van der Waals surface area (Å²) in [5.41, 5.74) is 2.50. The van der Waals surface area contributed by atoms with Gasteiger partial charge in [-0.15, -0.1) is 0 Å². The third kappa shape index (κ3) is 3.97. The molecule has 2 aromatic rings. The van der Waals surface area contributed by atoms with Gasteiger partial charge in [0.05, 0.1) is 0 Å². The van der Waals surface area contributed by atoms with E-state index in [0.29, 0.717) is 12.7 Å². The SMILES string of the molecule is C[C@H](CNCc1cccnc1N(C)C)Cc1ccc2c(c1)OCO2. The predicted octanol–water partition coefficient (Wildman–Crippen LogP) is 2.84. The third-order valence-electron chi connectivity index (χ3n) is 4.12. The quantitative estimate of drug-likeness (QED) is 0.847. The van der Waals surface area contributed by atoms with Gasteiger partial charge in [0.15, 0.2) is 11.5 Å². The number of fused-ring (bicyclic) bond motifs is 1. The molecule has 0 spiro atoms. The van der Waals surface area contributed by atoms with Crippen molar-refractivity contribution < 1.29 is 9.47 Å². The molecule has 0 bridgehead atoms. The minimum absolute atomic E-state index is 0.329. The molecular formula is C19H25N3O2. The summed E-state index contributed by atoms with van der Waals surface area (Å²) in [7, 11) is 4.04. The minimum Gasteiger partial charge on any atom is -0.454 e. The van der Waals surface area contributed by atoms with Gasteiger partial charge in [0.1, 0.15) is 5.82 Å². The second-order valence-corrected chi connectivity index (χ2v) is 6.51. The van der Waals surface area contributed by atoms with Gasteiger partial charge in [0, 0.05) is 32.4 Å². The average molecular weight is 327 g/mol. The first-order valence-electron chi connectivity index (χ1n) is 8.34. The summed E-state index contributed by atoms with van der Waals surface area (Å²) in [5, 5.41) is 3.55. The van der Waals surface area contributed by atoms with Crippen LogP contribution in [0.3, 0.4) is 0 Å². The lowest BCUT2D eigenvalue weighted by Gasteiger charge is -2.17. The molecule has 0 saturated heterocycles. The Kier molecular flexibility index (Phi) is 5.20. The fourth-order valence-corrected chi connectivity index (χ4v) is 2.97. The van der Waals surface area contributed by atoms with Crippen LogP contribution in [0.25, 0.3) is 0 Å². The van der Waals surface area contributed by atoms with Crippen molar-refractivity contribution >= 4 is 5.82 Å². The Hall–Kier alpha value is -2.27. The highest BCUT2D eigenvalue weighted by atomic mass is 16.7. The molecule has 0 unspecified atom stereocenters. The highest BCUT2D eigenvalue weighted by molar-refractivity contribution is 5.45. The summed E-state index contributed by atoms with van der Waals surface area (Å²) >= 11 is 0. The number of benzene rings is 1. The van der Waals surface area contributed by atoms with Crippen LogP contribution in [0.15, 0.2) is 36.5 Å². The van der Waals surface area contributed by atoms with Gasteiger partial charge >= 0.3 is 0 Å². The first-order chi connectivity index (χ1) is 11.6. The van der Waals surface area contributed by atoms with E-state index in [1.54, 1.807) is 0 Å². The zero-order valence-corrected chi connectivity index (χ0v) is 14.6. The molecule has 3 rings (SSSR count). The molecule has 1 aliphatic heterocycles. The number of nitrogens with one attached hydrogen (secondary N) is 1. The van der Waals surface area contributed by atoms with Crippen molar-refractivity contribution in [3.63, 3.8) is 0 Å². The lowest BCUT2D eigenvalue weighted by Crippen LogP contribution is -2.23. The van der Waals surface area contributed by atoms with E-state index < -0.39 is 0 Å². The standard InChI is InChI=1S/C19H25N3O2/c1-14(9-15-6-7-17-18(10-15)24-13-23-17)11-20-12-16-5-4-8-21-19(16)22(2)3/h4-8,10,14,20H,9,11-13H2,1-3H3/t14-/m0/s1. The first kappa shape index (κ1) is 16.6. The van der Waals surface area contributed by atoms with Gasteiger partial charge in [-0.3, -0.25) is 0 Å². The summed E-state index contributed by atoms with van der Waals surface area (Å²) in [4.78, 5) is 6.49. The maximum absolute atomic E-state index is 5.45. The van der Waals surface area contributed by atoms with E-state index in [-0.39, 0.29) is 0 Å². The molecule has 1 atom stereocenters. The molecule has 0 aliphatic carbocycles. The van der Waals surface area contributed by atoms with Gasteiger partial charge in [0.2, 0.25) is 6.79 Å². The predicted molar refractivity (Wildman–Crippen MR) is 95.7 cm³/mol. The van der Waals surface area contributed by atoms with Crippen molar-refractivity contribution in [2.24, 2.45) is 5.92 Å². The minimum atomic E-state index is 0.329. The third-order valence-corrected chi connectivity index (χ3v) is 4.12. The summed E-state index contributed by atoms with van der Waals surface area (Å²) in [5.74, 6) is 3.26. The van der Waals surface area contributed by atoms with Gasteiger partial charge < -0.3 is 19.7 Å². The molecule has 0 amide bonds. The number of nitrogens with zero attached hydrogens (tertiary/aromatic N) is 2. The largest absolute Gasteiger partial charge is 0.454 e. The highest BCUT2D eigenvalue weighted by Crippen LogP contribution is 2.33. The van der Waals surface area contributed by atoms with Crippen LogP contribution in [0.2, 0.25) is 0 Å².